The third kappa shape index (κ3) is 59.2. The molecule has 4 rings (SSSR count). The Labute approximate surface area is 458 Å². The molecule has 0 radical (unpaired) electrons. The molecule has 0 aromatic heterocycles. The minimum atomic E-state index is 0.378. The third-order valence-electron chi connectivity index (χ3n) is 11.7. The van der Waals surface area contributed by atoms with Crippen molar-refractivity contribution in [2.24, 2.45) is 0 Å². The van der Waals surface area contributed by atoms with Gasteiger partial charge in [-0.3, -0.25) is 0 Å². The summed E-state index contributed by atoms with van der Waals surface area (Å²) in [6, 6.07) is 22.8. The van der Waals surface area contributed by atoms with Crippen molar-refractivity contribution < 1.29 is 15.3 Å². The fourth-order valence-corrected chi connectivity index (χ4v) is 7.57. The number of hydrogen-bond acceptors (Lipinski definition) is 3. The van der Waals surface area contributed by atoms with Crippen molar-refractivity contribution in [1.29, 1.82) is 0 Å². The lowest BCUT2D eigenvalue weighted by Gasteiger charge is -2.03. The van der Waals surface area contributed by atoms with Crippen LogP contribution in [0.4, 0.5) is 0 Å². The van der Waals surface area contributed by atoms with Crippen LogP contribution in [0.25, 0.3) is 0 Å². The van der Waals surface area contributed by atoms with E-state index in [2.05, 4.69) is 94.5 Å². The lowest BCUT2D eigenvalue weighted by Crippen LogP contribution is -1.86. The average molecular weight is 1010 g/mol. The molecular formula is C71H111O3+. The van der Waals surface area contributed by atoms with Crippen LogP contribution in [0, 0.1) is 6.58 Å². The van der Waals surface area contributed by atoms with Crippen molar-refractivity contribution in [3.63, 3.8) is 0 Å². The summed E-state index contributed by atoms with van der Waals surface area (Å²) in [4.78, 5) is 0. The summed E-state index contributed by atoms with van der Waals surface area (Å²) >= 11 is 0. The van der Waals surface area contributed by atoms with Crippen LogP contribution in [0.2, 0.25) is 0 Å². The van der Waals surface area contributed by atoms with Gasteiger partial charge < -0.3 is 15.3 Å². The van der Waals surface area contributed by atoms with E-state index in [1.54, 1.807) is 24.3 Å². The zero-order valence-corrected chi connectivity index (χ0v) is 47.9. The zero-order chi connectivity index (χ0) is 55.1. The van der Waals surface area contributed by atoms with Gasteiger partial charge in [-0.15, -0.1) is 32.9 Å². The first-order valence-electron chi connectivity index (χ1n) is 29.2. The highest BCUT2D eigenvalue weighted by Gasteiger charge is 1.98. The molecule has 1 aliphatic carbocycles. The summed E-state index contributed by atoms with van der Waals surface area (Å²) < 4.78 is 0. The van der Waals surface area contributed by atoms with Crippen molar-refractivity contribution >= 4 is 0 Å². The van der Waals surface area contributed by atoms with Gasteiger partial charge in [0, 0.05) is 6.42 Å². The number of unbranched alkanes of at least 4 members (excludes halogenated alkanes) is 21. The Morgan fingerprint density at radius 3 is 1.01 bits per heavy atom. The predicted molar refractivity (Wildman–Crippen MR) is 334 cm³/mol. The molecule has 0 saturated carbocycles. The van der Waals surface area contributed by atoms with Gasteiger partial charge in [0.2, 0.25) is 6.58 Å². The predicted octanol–water partition coefficient (Wildman–Crippen LogP) is 22.7. The highest BCUT2D eigenvalue weighted by atomic mass is 16.3. The molecule has 3 N–H and O–H groups in total. The minimum absolute atomic E-state index is 0.378. The number of aryl methyl sites for hydroxylation is 3. The zero-order valence-electron chi connectivity index (χ0n) is 47.9. The van der Waals surface area contributed by atoms with Crippen LogP contribution in [0.15, 0.2) is 179 Å². The number of allylic oxidation sites excluding steroid dienone is 12. The van der Waals surface area contributed by atoms with Crippen LogP contribution in [0.3, 0.4) is 0 Å². The molecule has 0 spiro atoms. The van der Waals surface area contributed by atoms with Gasteiger partial charge >= 0.3 is 0 Å². The molecule has 3 nitrogen and oxygen atoms in total. The van der Waals surface area contributed by atoms with Gasteiger partial charge in [0.25, 0.3) is 0 Å². The van der Waals surface area contributed by atoms with Gasteiger partial charge in [0.05, 0.1) is 0 Å². The molecule has 0 atom stereocenters. The van der Waals surface area contributed by atoms with E-state index in [1.165, 1.54) is 158 Å². The Bertz CT molecular complexity index is 1750. The average Bonchev–Trinajstić information content (AvgIpc) is 3.42. The van der Waals surface area contributed by atoms with Gasteiger partial charge in [-0.05, 0) is 162 Å². The Hall–Kier alpha value is -5.37. The van der Waals surface area contributed by atoms with Crippen molar-refractivity contribution in [2.75, 3.05) is 0 Å². The van der Waals surface area contributed by atoms with Crippen molar-refractivity contribution in [1.82, 2.24) is 0 Å². The molecule has 3 aromatic carbocycles. The molecule has 0 saturated heterocycles. The Morgan fingerprint density at radius 1 is 0.392 bits per heavy atom. The molecule has 0 bridgehead atoms. The van der Waals surface area contributed by atoms with Gasteiger partial charge in [-0.2, -0.15) is 0 Å². The first-order valence-corrected chi connectivity index (χ1v) is 29.2. The minimum Gasteiger partial charge on any atom is -0.508 e. The van der Waals surface area contributed by atoms with Gasteiger partial charge in [0.1, 0.15) is 17.2 Å². The lowest BCUT2D eigenvalue weighted by molar-refractivity contribution is 0.473. The van der Waals surface area contributed by atoms with Crippen LogP contribution in [0.5, 0.6) is 17.2 Å². The molecule has 74 heavy (non-hydrogen) atoms. The smallest absolute Gasteiger partial charge is 0.201 e. The quantitative estimate of drug-likeness (QED) is 0.0313. The van der Waals surface area contributed by atoms with E-state index in [-0.39, 0.29) is 0 Å². The van der Waals surface area contributed by atoms with Crippen LogP contribution in [0.1, 0.15) is 224 Å². The monoisotopic (exact) mass is 1010 g/mol. The molecule has 0 unspecified atom stereocenters. The van der Waals surface area contributed by atoms with Gasteiger partial charge in [-0.25, -0.2) is 0 Å². The maximum absolute atomic E-state index is 9.36. The number of benzene rings is 3. The topological polar surface area (TPSA) is 60.7 Å². The summed E-state index contributed by atoms with van der Waals surface area (Å²) in [6.45, 7) is 29.5. The number of hydrogen-bond donors (Lipinski definition) is 3. The fourth-order valence-electron chi connectivity index (χ4n) is 7.57. The second-order valence-electron chi connectivity index (χ2n) is 18.5. The van der Waals surface area contributed by atoms with E-state index in [1.807, 2.05) is 80.6 Å². The fraction of sp³-hybridized carbons (Fsp3) is 0.493. The SMILES string of the molecule is C1=CCC=CC1.C=CC/C=C\CCCCCCCc1cccc(O)c1.C=CCC=C.C=CCCCCCCCCCc1cccc(O)c1.C=CCCCCCCCc1cccc(O)c1.CC.[CH+]=CCCCCCC. The Morgan fingerprint density at radius 2 is 0.716 bits per heavy atom. The molecular weight excluding hydrogens is 901 g/mol. The van der Waals surface area contributed by atoms with Crippen LogP contribution in [-0.2, 0) is 19.3 Å². The molecule has 412 valence electrons. The Kier molecular flexibility index (Phi) is 62.8. The van der Waals surface area contributed by atoms with Crippen LogP contribution < -0.4 is 0 Å². The summed E-state index contributed by atoms with van der Waals surface area (Å²) in [5.74, 6) is 1.14. The molecule has 0 aliphatic heterocycles. The van der Waals surface area contributed by atoms with E-state index in [0.29, 0.717) is 17.2 Å². The Balaban J connectivity index is -0.000000858. The van der Waals surface area contributed by atoms with Crippen LogP contribution in [-0.4, -0.2) is 15.3 Å². The second-order valence-corrected chi connectivity index (χ2v) is 18.5. The largest absolute Gasteiger partial charge is 0.508 e. The van der Waals surface area contributed by atoms with Crippen molar-refractivity contribution in [2.45, 2.75) is 226 Å². The third-order valence-corrected chi connectivity index (χ3v) is 11.7. The second kappa shape index (κ2) is 63.7. The van der Waals surface area contributed by atoms with Gasteiger partial charge in [0.15, 0.2) is 6.08 Å². The standard InChI is InChI=1S/C18H26O.C17H26O.C15H22O.C8H15.C6H8.C5H8.C2H6/c1-2-3-4-5-6-7-8-9-10-11-13-17-14-12-15-18(19)16-17;1-2-3-4-5-6-7-8-9-10-12-16-13-11-14-17(18)15-16;1-2-3-4-5-6-7-8-10-14-11-9-12-15(16)13-14;1-3-5-7-8-6-4-2;1-2-4-6-5-3-1;1-3-5-4-2;1-2/h2,4-5,12,14-16,19H,1,3,6-11,13H2;2,11,13-15,18H,1,3-10,12H2;2,9,11-13,16H,1,3-8,10H2;1,3H,4-8H2,2H3;1-2,5-6H,3-4H2;3-4H,1-2,5H2;1-2H3/q;;;+1;;;/b5-4-;;;;;;. The van der Waals surface area contributed by atoms with E-state index in [0.717, 1.165) is 64.2 Å². The molecule has 0 heterocycles. The summed E-state index contributed by atoms with van der Waals surface area (Å²) in [6.07, 6.45) is 63.8. The normalized spacial score (nSPS) is 10.6. The van der Waals surface area contributed by atoms with Crippen molar-refractivity contribution in [3.8, 4) is 17.2 Å². The number of rotatable bonds is 35. The summed E-state index contributed by atoms with van der Waals surface area (Å²) in [5, 5.41) is 28.0. The first-order chi connectivity index (χ1) is 36.3. The summed E-state index contributed by atoms with van der Waals surface area (Å²) in [5.41, 5.74) is 3.74. The van der Waals surface area contributed by atoms with Gasteiger partial charge in [-0.1, -0.05) is 214 Å². The highest BCUT2D eigenvalue weighted by molar-refractivity contribution is 5.28. The molecule has 3 aromatic rings. The van der Waals surface area contributed by atoms with E-state index in [4.69, 9.17) is 6.58 Å². The summed E-state index contributed by atoms with van der Waals surface area (Å²) in [7, 11) is 0. The molecule has 0 fully saturated rings. The molecule has 1 aliphatic rings. The molecule has 3 heteroatoms. The molecule has 0 amide bonds. The highest BCUT2D eigenvalue weighted by Crippen LogP contribution is 2.18. The maximum Gasteiger partial charge on any atom is 0.201 e. The lowest BCUT2D eigenvalue weighted by atomic mass is 10.0. The number of aromatic hydroxyl groups is 3. The van der Waals surface area contributed by atoms with E-state index in [9.17, 15) is 15.3 Å². The first kappa shape index (κ1) is 72.9. The number of phenols is 3. The number of phenolic OH excluding ortho intramolecular Hbond substituents is 3. The van der Waals surface area contributed by atoms with Crippen molar-refractivity contribution in [3.05, 3.63) is 202 Å². The maximum atomic E-state index is 9.36. The van der Waals surface area contributed by atoms with Crippen LogP contribution >= 0.6 is 0 Å². The van der Waals surface area contributed by atoms with E-state index >= 15 is 0 Å². The van der Waals surface area contributed by atoms with E-state index < -0.39 is 0 Å².